The van der Waals surface area contributed by atoms with E-state index in [0.29, 0.717) is 24.7 Å². The first-order valence-electron chi connectivity index (χ1n) is 20.4. The second kappa shape index (κ2) is 19.2. The summed E-state index contributed by atoms with van der Waals surface area (Å²) < 4.78 is 9.57. The van der Waals surface area contributed by atoms with Gasteiger partial charge in [0.05, 0.1) is 50.1 Å². The fourth-order valence-corrected chi connectivity index (χ4v) is 7.64. The fourth-order valence-electron chi connectivity index (χ4n) is 7.64. The predicted molar refractivity (Wildman–Crippen MR) is 224 cm³/mol. The fraction of sp³-hybridized carbons (Fsp3) is 0.500. The number of aromatic amines is 2. The van der Waals surface area contributed by atoms with Crippen molar-refractivity contribution in [3.8, 4) is 33.6 Å². The molecule has 0 unspecified atom stereocenters. The van der Waals surface area contributed by atoms with Gasteiger partial charge in [0.2, 0.25) is 11.8 Å². The van der Waals surface area contributed by atoms with Crippen LogP contribution in [-0.2, 0) is 31.9 Å². The molecule has 14 heteroatoms. The van der Waals surface area contributed by atoms with Crippen molar-refractivity contribution in [2.24, 2.45) is 11.8 Å². The first-order valence-corrected chi connectivity index (χ1v) is 20.4. The molecule has 0 aliphatic heterocycles. The molecule has 5 rings (SSSR count). The van der Waals surface area contributed by atoms with E-state index in [2.05, 4.69) is 57.0 Å². The minimum atomic E-state index is -0.725. The summed E-state index contributed by atoms with van der Waals surface area (Å²) in [6.45, 7) is 16.5. The highest BCUT2D eigenvalue weighted by atomic mass is 16.5. The van der Waals surface area contributed by atoms with Crippen LogP contribution in [0.15, 0.2) is 48.8 Å². The number of benzene rings is 2. The van der Waals surface area contributed by atoms with Crippen molar-refractivity contribution in [1.82, 2.24) is 40.4 Å². The molecule has 2 heterocycles. The maximum Gasteiger partial charge on any atom is 0.407 e. The van der Waals surface area contributed by atoms with Gasteiger partial charge >= 0.3 is 12.2 Å². The summed E-state index contributed by atoms with van der Waals surface area (Å²) in [5.41, 5.74) is 8.64. The van der Waals surface area contributed by atoms with Crippen molar-refractivity contribution in [2.75, 3.05) is 27.3 Å². The third-order valence-electron chi connectivity index (χ3n) is 11.0. The number of amides is 4. The van der Waals surface area contributed by atoms with E-state index in [9.17, 15) is 19.2 Å². The number of aryl methyl sites for hydroxylation is 2. The van der Waals surface area contributed by atoms with E-state index in [1.54, 1.807) is 9.80 Å². The summed E-state index contributed by atoms with van der Waals surface area (Å²) in [4.78, 5) is 71.4. The number of ether oxygens (including phenoxy) is 2. The van der Waals surface area contributed by atoms with E-state index in [1.165, 1.54) is 36.5 Å². The first-order chi connectivity index (χ1) is 27.7. The zero-order valence-electron chi connectivity index (χ0n) is 35.6. The zero-order valence-corrected chi connectivity index (χ0v) is 35.6. The number of hydrogen-bond acceptors (Lipinski definition) is 8. The van der Waals surface area contributed by atoms with Crippen molar-refractivity contribution in [3.63, 3.8) is 0 Å². The molecule has 2 aromatic heterocycles. The van der Waals surface area contributed by atoms with Crippen LogP contribution < -0.4 is 10.6 Å². The monoisotopic (exact) mass is 796 g/mol. The number of rotatable bonds is 16. The normalized spacial score (nSPS) is 14.1. The number of H-pyrrole nitrogens is 2. The van der Waals surface area contributed by atoms with Gasteiger partial charge in [-0.3, -0.25) is 9.59 Å². The Morgan fingerprint density at radius 3 is 1.36 bits per heavy atom. The quantitative estimate of drug-likeness (QED) is 0.0897. The molecule has 0 radical (unpaired) electrons. The standard InChI is InChI=1S/C44H60N8O6/c1-11-19-51(41(53)37(25(3)4)49-43(55)57-9)27(7)39-45-23-35(47-39)31-15-17-33-29(21-31)13-14-30-22-32(16-18-34(30)33)36-24-46-40(48-36)28(8)52(20-12-2)42(54)38(26(5)6)50-44(56)58-10/h15-18,21-28,37-38H,11-14,19-20H2,1-10H3,(H,45,47)(H,46,48)(H,49,55)(H,50,56)/t27-,28-,37-,38-/m0/s1. The highest BCUT2D eigenvalue weighted by Crippen LogP contribution is 2.38. The molecular weight excluding hydrogens is 737 g/mol. The minimum absolute atomic E-state index is 0.132. The van der Waals surface area contributed by atoms with Gasteiger partial charge in [-0.25, -0.2) is 19.6 Å². The van der Waals surface area contributed by atoms with E-state index in [4.69, 9.17) is 19.4 Å². The Kier molecular flexibility index (Phi) is 14.4. The van der Waals surface area contributed by atoms with Crippen LogP contribution in [-0.4, -0.2) is 93.1 Å². The minimum Gasteiger partial charge on any atom is -0.453 e. The smallest absolute Gasteiger partial charge is 0.407 e. The van der Waals surface area contributed by atoms with Gasteiger partial charge in [0.25, 0.3) is 0 Å². The van der Waals surface area contributed by atoms with Crippen LogP contribution in [0.2, 0.25) is 0 Å². The first kappa shape index (κ1) is 43.5. The van der Waals surface area contributed by atoms with Crippen molar-refractivity contribution in [1.29, 1.82) is 0 Å². The summed E-state index contributed by atoms with van der Waals surface area (Å²) in [6.07, 6.45) is 5.60. The topological polar surface area (TPSA) is 175 Å². The van der Waals surface area contributed by atoms with Crippen molar-refractivity contribution >= 4 is 24.0 Å². The van der Waals surface area contributed by atoms with Gasteiger partial charge in [-0.1, -0.05) is 65.8 Å². The molecule has 2 aromatic carbocycles. The lowest BCUT2D eigenvalue weighted by atomic mass is 9.83. The highest BCUT2D eigenvalue weighted by Gasteiger charge is 2.34. The Hall–Kier alpha value is -5.66. The van der Waals surface area contributed by atoms with Crippen molar-refractivity contribution < 1.29 is 28.7 Å². The second-order valence-corrected chi connectivity index (χ2v) is 15.7. The summed E-state index contributed by atoms with van der Waals surface area (Å²) in [7, 11) is 2.58. The molecule has 0 saturated heterocycles. The lowest BCUT2D eigenvalue weighted by molar-refractivity contribution is -0.137. The van der Waals surface area contributed by atoms with E-state index >= 15 is 0 Å². The van der Waals surface area contributed by atoms with Gasteiger partial charge in [0.15, 0.2) is 0 Å². The van der Waals surface area contributed by atoms with Crippen LogP contribution in [0.25, 0.3) is 33.6 Å². The third-order valence-corrected chi connectivity index (χ3v) is 11.0. The van der Waals surface area contributed by atoms with Gasteiger partial charge in [0, 0.05) is 13.1 Å². The van der Waals surface area contributed by atoms with Gasteiger partial charge in [0.1, 0.15) is 23.7 Å². The second-order valence-electron chi connectivity index (χ2n) is 15.7. The largest absolute Gasteiger partial charge is 0.453 e. The molecule has 0 fully saturated rings. The van der Waals surface area contributed by atoms with Gasteiger partial charge in [-0.2, -0.15) is 0 Å². The number of hydrogen-bond donors (Lipinski definition) is 4. The van der Waals surface area contributed by atoms with Crippen LogP contribution >= 0.6 is 0 Å². The Morgan fingerprint density at radius 1 is 0.655 bits per heavy atom. The summed E-state index contributed by atoms with van der Waals surface area (Å²) in [5, 5.41) is 5.41. The van der Waals surface area contributed by atoms with E-state index in [0.717, 1.165) is 48.2 Å². The number of imidazole rings is 2. The Morgan fingerprint density at radius 2 is 1.03 bits per heavy atom. The number of fused-ring (bicyclic) bond motifs is 3. The molecule has 312 valence electrons. The highest BCUT2D eigenvalue weighted by molar-refractivity contribution is 5.87. The molecule has 0 spiro atoms. The molecule has 4 aromatic rings. The van der Waals surface area contributed by atoms with Crippen LogP contribution in [0.5, 0.6) is 0 Å². The average Bonchev–Trinajstić information content (AvgIpc) is 3.93. The Bertz CT molecular complexity index is 1930. The maximum atomic E-state index is 13.7. The summed E-state index contributed by atoms with van der Waals surface area (Å²) in [5.74, 6) is 0.722. The number of methoxy groups -OCH3 is 2. The van der Waals surface area contributed by atoms with Crippen molar-refractivity contribution in [2.45, 2.75) is 105 Å². The number of carbonyl (C=O) groups excluding carboxylic acids is 4. The predicted octanol–water partition coefficient (Wildman–Crippen LogP) is 7.59. The molecule has 58 heavy (non-hydrogen) atoms. The van der Waals surface area contributed by atoms with Crippen LogP contribution in [0.3, 0.4) is 0 Å². The number of nitrogens with one attached hydrogen (secondary N) is 4. The lowest BCUT2D eigenvalue weighted by Crippen LogP contribution is -2.52. The van der Waals surface area contributed by atoms with Crippen molar-refractivity contribution in [3.05, 3.63) is 71.6 Å². The number of nitrogens with zero attached hydrogens (tertiary/aromatic N) is 4. The molecule has 0 saturated carbocycles. The van der Waals surface area contributed by atoms with E-state index < -0.39 is 24.3 Å². The van der Waals surface area contributed by atoms with E-state index in [-0.39, 0.29) is 35.7 Å². The molecule has 1 aliphatic carbocycles. The zero-order chi connectivity index (χ0) is 42.3. The molecular formula is C44H60N8O6. The Balaban J connectivity index is 1.33. The molecule has 1 aliphatic rings. The average molecular weight is 797 g/mol. The summed E-state index contributed by atoms with van der Waals surface area (Å²) in [6, 6.07) is 10.8. The van der Waals surface area contributed by atoms with E-state index in [1.807, 2.05) is 67.8 Å². The van der Waals surface area contributed by atoms with Crippen LogP contribution in [0.4, 0.5) is 9.59 Å². The lowest BCUT2D eigenvalue weighted by Gasteiger charge is -2.33. The Labute approximate surface area is 341 Å². The molecule has 4 atom stereocenters. The molecule has 4 N–H and O–H groups in total. The van der Waals surface area contributed by atoms with Gasteiger partial charge in [-0.05, 0) is 96.9 Å². The third kappa shape index (κ3) is 9.54. The number of aromatic nitrogens is 4. The summed E-state index contributed by atoms with van der Waals surface area (Å²) >= 11 is 0. The molecule has 14 nitrogen and oxygen atoms in total. The molecule has 4 amide bonds. The van der Waals surface area contributed by atoms with Gasteiger partial charge in [-0.15, -0.1) is 0 Å². The number of carbonyl (C=O) groups is 4. The SMILES string of the molecule is CCCN(C(=O)[C@@H](NC(=O)OC)C(C)C)[C@@H](C)c1ncc(-c2ccc3c(c2)CCc2cc(-c4cnc([C@H](C)N(CCC)C(=O)[C@@H](NC(=O)OC)C(C)C)[nH]4)ccc2-3)[nH]1. The molecule has 0 bridgehead atoms. The maximum absolute atomic E-state index is 13.7. The number of alkyl carbamates (subject to hydrolysis) is 2. The van der Waals surface area contributed by atoms with Crippen LogP contribution in [0, 0.1) is 11.8 Å². The van der Waals surface area contributed by atoms with Gasteiger partial charge < -0.3 is 39.9 Å². The van der Waals surface area contributed by atoms with Crippen LogP contribution in [0.1, 0.15) is 103 Å².